The van der Waals surface area contributed by atoms with Crippen molar-refractivity contribution in [1.82, 2.24) is 30.4 Å². The predicted octanol–water partition coefficient (Wildman–Crippen LogP) is 2.48. The van der Waals surface area contributed by atoms with Gasteiger partial charge in [0.2, 0.25) is 5.91 Å². The largest absolute Gasteiger partial charge is 0.353 e. The van der Waals surface area contributed by atoms with Crippen LogP contribution in [-0.4, -0.2) is 49.1 Å². The zero-order valence-corrected chi connectivity index (χ0v) is 17.1. The first-order chi connectivity index (χ1) is 12.1. The van der Waals surface area contributed by atoms with Gasteiger partial charge in [-0.25, -0.2) is 4.68 Å². The van der Waals surface area contributed by atoms with Crippen molar-refractivity contribution in [3.05, 3.63) is 5.82 Å². The second-order valence-corrected chi connectivity index (χ2v) is 9.98. The quantitative estimate of drug-likeness (QED) is 0.894. The van der Waals surface area contributed by atoms with Crippen LogP contribution in [-0.2, 0) is 16.9 Å². The van der Waals surface area contributed by atoms with Crippen molar-refractivity contribution in [1.29, 1.82) is 0 Å². The van der Waals surface area contributed by atoms with Gasteiger partial charge in [0.05, 0.1) is 12.1 Å². The Morgan fingerprint density at radius 3 is 2.27 bits per heavy atom. The molecule has 0 unspecified atom stereocenters. The van der Waals surface area contributed by atoms with Gasteiger partial charge in [-0.15, -0.1) is 5.10 Å². The maximum absolute atomic E-state index is 12.4. The fourth-order valence-corrected chi connectivity index (χ4v) is 4.25. The van der Waals surface area contributed by atoms with Crippen LogP contribution in [0.25, 0.3) is 0 Å². The Kier molecular flexibility index (Phi) is 5.12. The van der Waals surface area contributed by atoms with Gasteiger partial charge in [-0.3, -0.25) is 9.69 Å². The standard InChI is InChI=1S/C19H34N6O/c1-18(2,3)17(26)20-13-10-14-8-7-9-15(11-13)24(14)12-16-21-22-23-25(16)19(4,5)6/h13-15H,7-12H2,1-6H3,(H,20,26)/t14-,15-/m0/s1. The van der Waals surface area contributed by atoms with E-state index in [9.17, 15) is 4.79 Å². The van der Waals surface area contributed by atoms with Gasteiger partial charge in [0.25, 0.3) is 0 Å². The minimum absolute atomic E-state index is 0.118. The van der Waals surface area contributed by atoms with Crippen LogP contribution in [0.15, 0.2) is 0 Å². The first kappa shape index (κ1) is 19.3. The van der Waals surface area contributed by atoms with Crippen molar-refractivity contribution in [3.8, 4) is 0 Å². The molecular weight excluding hydrogens is 328 g/mol. The summed E-state index contributed by atoms with van der Waals surface area (Å²) < 4.78 is 1.94. The second kappa shape index (κ2) is 6.91. The van der Waals surface area contributed by atoms with E-state index >= 15 is 0 Å². The van der Waals surface area contributed by atoms with E-state index < -0.39 is 0 Å². The summed E-state index contributed by atoms with van der Waals surface area (Å²) in [7, 11) is 0. The van der Waals surface area contributed by atoms with Gasteiger partial charge in [0, 0.05) is 23.5 Å². The Morgan fingerprint density at radius 2 is 1.73 bits per heavy atom. The van der Waals surface area contributed by atoms with Gasteiger partial charge in [-0.2, -0.15) is 0 Å². The Bertz CT molecular complexity index is 627. The maximum atomic E-state index is 12.4. The zero-order chi connectivity index (χ0) is 19.1. The maximum Gasteiger partial charge on any atom is 0.225 e. The van der Waals surface area contributed by atoms with Crippen LogP contribution in [0.3, 0.4) is 0 Å². The average molecular weight is 363 g/mol. The molecule has 2 saturated heterocycles. The van der Waals surface area contributed by atoms with E-state index in [2.05, 4.69) is 46.5 Å². The summed E-state index contributed by atoms with van der Waals surface area (Å²) in [6.45, 7) is 13.1. The number of piperidine rings is 2. The van der Waals surface area contributed by atoms with Crippen LogP contribution >= 0.6 is 0 Å². The van der Waals surface area contributed by atoms with Crippen LogP contribution < -0.4 is 5.32 Å². The molecule has 1 aromatic rings. The van der Waals surface area contributed by atoms with Crippen LogP contribution in [0.4, 0.5) is 0 Å². The summed E-state index contributed by atoms with van der Waals surface area (Å²) in [6, 6.07) is 1.28. The van der Waals surface area contributed by atoms with Gasteiger partial charge in [-0.1, -0.05) is 27.2 Å². The Morgan fingerprint density at radius 1 is 1.12 bits per heavy atom. The molecule has 3 heterocycles. The SMILES string of the molecule is CC(C)(C)C(=O)NC1C[C@@H]2CCC[C@@H](C1)N2Cc1nnnn1C(C)(C)C. The minimum atomic E-state index is -0.332. The third kappa shape index (κ3) is 4.08. The molecule has 2 aliphatic heterocycles. The van der Waals surface area contributed by atoms with Crippen molar-refractivity contribution in [3.63, 3.8) is 0 Å². The molecule has 2 fully saturated rings. The number of tetrazole rings is 1. The normalized spacial score (nSPS) is 27.4. The lowest BCUT2D eigenvalue weighted by Gasteiger charge is -2.49. The van der Waals surface area contributed by atoms with Crippen LogP contribution in [0.2, 0.25) is 0 Å². The lowest BCUT2D eigenvalue weighted by atomic mass is 9.81. The summed E-state index contributed by atoms with van der Waals surface area (Å²) in [5, 5.41) is 15.7. The Labute approximate surface area is 156 Å². The van der Waals surface area contributed by atoms with E-state index in [4.69, 9.17) is 0 Å². The molecule has 1 aromatic heterocycles. The summed E-state index contributed by atoms with van der Waals surface area (Å²) in [5.41, 5.74) is -0.450. The third-order valence-electron chi connectivity index (χ3n) is 5.64. The Hall–Kier alpha value is -1.50. The predicted molar refractivity (Wildman–Crippen MR) is 100 cm³/mol. The van der Waals surface area contributed by atoms with Crippen LogP contribution in [0, 0.1) is 5.41 Å². The zero-order valence-electron chi connectivity index (χ0n) is 17.1. The molecule has 1 N–H and O–H groups in total. The molecule has 2 bridgehead atoms. The van der Waals surface area contributed by atoms with Crippen molar-refractivity contribution in [2.24, 2.45) is 5.41 Å². The van der Waals surface area contributed by atoms with E-state index in [-0.39, 0.29) is 22.9 Å². The molecule has 3 rings (SSSR count). The fraction of sp³-hybridized carbons (Fsp3) is 0.895. The van der Waals surface area contributed by atoms with Crippen LogP contribution in [0.1, 0.15) is 79.5 Å². The van der Waals surface area contributed by atoms with Gasteiger partial charge >= 0.3 is 0 Å². The highest BCUT2D eigenvalue weighted by molar-refractivity contribution is 5.81. The number of rotatable bonds is 3. The average Bonchev–Trinajstić information content (AvgIpc) is 2.95. The van der Waals surface area contributed by atoms with Crippen molar-refractivity contribution in [2.75, 3.05) is 0 Å². The molecule has 1 amide bonds. The van der Waals surface area contributed by atoms with Crippen molar-refractivity contribution < 1.29 is 4.79 Å². The first-order valence-corrected chi connectivity index (χ1v) is 9.90. The number of hydrogen-bond acceptors (Lipinski definition) is 5. The topological polar surface area (TPSA) is 75.9 Å². The highest BCUT2D eigenvalue weighted by Gasteiger charge is 2.40. The van der Waals surface area contributed by atoms with Crippen LogP contribution in [0.5, 0.6) is 0 Å². The molecule has 7 nitrogen and oxygen atoms in total. The first-order valence-electron chi connectivity index (χ1n) is 9.90. The van der Waals surface area contributed by atoms with Gasteiger partial charge in [0.1, 0.15) is 0 Å². The molecule has 0 saturated carbocycles. The highest BCUT2D eigenvalue weighted by atomic mass is 16.2. The lowest BCUT2D eigenvalue weighted by molar-refractivity contribution is -0.130. The van der Waals surface area contributed by atoms with Gasteiger partial charge in [0.15, 0.2) is 5.82 Å². The number of aromatic nitrogens is 4. The van der Waals surface area contributed by atoms with Gasteiger partial charge < -0.3 is 5.32 Å². The highest BCUT2D eigenvalue weighted by Crippen LogP contribution is 2.35. The van der Waals surface area contributed by atoms with E-state index in [0.29, 0.717) is 12.1 Å². The van der Waals surface area contributed by atoms with Gasteiger partial charge in [-0.05, 0) is 56.9 Å². The van der Waals surface area contributed by atoms with E-state index in [1.165, 1.54) is 19.3 Å². The van der Waals surface area contributed by atoms with E-state index in [1.807, 2.05) is 25.5 Å². The fourth-order valence-electron chi connectivity index (χ4n) is 4.25. The number of nitrogens with one attached hydrogen (secondary N) is 1. The number of nitrogens with zero attached hydrogens (tertiary/aromatic N) is 5. The molecular formula is C19H34N6O. The molecule has 0 aliphatic carbocycles. The summed E-state index contributed by atoms with van der Waals surface area (Å²) in [5.74, 6) is 1.09. The summed E-state index contributed by atoms with van der Waals surface area (Å²) in [6.07, 6.45) is 5.70. The van der Waals surface area contributed by atoms with E-state index in [0.717, 1.165) is 25.2 Å². The molecule has 2 atom stereocenters. The third-order valence-corrected chi connectivity index (χ3v) is 5.64. The van der Waals surface area contributed by atoms with Crippen molar-refractivity contribution in [2.45, 2.75) is 104 Å². The molecule has 26 heavy (non-hydrogen) atoms. The number of fused-ring (bicyclic) bond motifs is 2. The number of carbonyl (C=O) groups excluding carboxylic acids is 1. The smallest absolute Gasteiger partial charge is 0.225 e. The number of hydrogen-bond donors (Lipinski definition) is 1. The molecule has 7 heteroatoms. The molecule has 0 spiro atoms. The molecule has 0 aromatic carbocycles. The Balaban J connectivity index is 1.70. The number of carbonyl (C=O) groups is 1. The molecule has 2 aliphatic rings. The monoisotopic (exact) mass is 362 g/mol. The molecule has 0 radical (unpaired) electrons. The second-order valence-electron chi connectivity index (χ2n) is 9.98. The molecule has 146 valence electrons. The van der Waals surface area contributed by atoms with E-state index in [1.54, 1.807) is 0 Å². The minimum Gasteiger partial charge on any atom is -0.353 e. The lowest BCUT2D eigenvalue weighted by Crippen LogP contribution is -2.57. The number of amides is 1. The summed E-state index contributed by atoms with van der Waals surface area (Å²) >= 11 is 0. The summed E-state index contributed by atoms with van der Waals surface area (Å²) in [4.78, 5) is 15.0. The van der Waals surface area contributed by atoms with Crippen molar-refractivity contribution >= 4 is 5.91 Å².